The summed E-state index contributed by atoms with van der Waals surface area (Å²) < 4.78 is 5.56. The van der Waals surface area contributed by atoms with Crippen LogP contribution in [0.4, 0.5) is 0 Å². The SMILES string of the molecule is CC(C)N(C(=O)COc1ccccc1C=O)C1CCCC1. The number of amides is 1. The second-order valence-electron chi connectivity index (χ2n) is 5.78. The summed E-state index contributed by atoms with van der Waals surface area (Å²) in [5.74, 6) is 0.466. The maximum atomic E-state index is 12.5. The van der Waals surface area contributed by atoms with Crippen LogP contribution in [0.3, 0.4) is 0 Å². The van der Waals surface area contributed by atoms with Crippen molar-refractivity contribution in [3.63, 3.8) is 0 Å². The zero-order chi connectivity index (χ0) is 15.2. The molecule has 4 heteroatoms. The molecule has 0 N–H and O–H groups in total. The molecular weight excluding hydrogens is 266 g/mol. The highest BCUT2D eigenvalue weighted by atomic mass is 16.5. The standard InChI is InChI=1S/C17H23NO3/c1-13(2)18(15-8-4-5-9-15)17(20)12-21-16-10-6-3-7-14(16)11-19/h3,6-7,10-11,13,15H,4-5,8-9,12H2,1-2H3. The molecule has 0 unspecified atom stereocenters. The molecule has 1 amide bonds. The summed E-state index contributed by atoms with van der Waals surface area (Å²) in [4.78, 5) is 25.3. The molecule has 4 nitrogen and oxygen atoms in total. The minimum atomic E-state index is -0.0144. The van der Waals surface area contributed by atoms with Gasteiger partial charge in [0.25, 0.3) is 5.91 Å². The first-order chi connectivity index (χ1) is 10.1. The van der Waals surface area contributed by atoms with Crippen LogP contribution in [0, 0.1) is 0 Å². The van der Waals surface area contributed by atoms with Crippen LogP contribution in [0.15, 0.2) is 24.3 Å². The monoisotopic (exact) mass is 289 g/mol. The summed E-state index contributed by atoms with van der Waals surface area (Å²) in [7, 11) is 0. The number of carbonyl (C=O) groups is 2. The van der Waals surface area contributed by atoms with E-state index in [9.17, 15) is 9.59 Å². The molecule has 0 radical (unpaired) electrons. The number of benzene rings is 1. The third kappa shape index (κ3) is 3.84. The summed E-state index contributed by atoms with van der Waals surface area (Å²) in [5.41, 5.74) is 0.474. The van der Waals surface area contributed by atoms with Crippen LogP contribution in [-0.4, -0.2) is 35.8 Å². The maximum Gasteiger partial charge on any atom is 0.260 e. The molecule has 1 aliphatic carbocycles. The molecule has 0 bridgehead atoms. The van der Waals surface area contributed by atoms with Gasteiger partial charge in [-0.15, -0.1) is 0 Å². The number of carbonyl (C=O) groups excluding carboxylic acids is 2. The lowest BCUT2D eigenvalue weighted by Gasteiger charge is -2.32. The Morgan fingerprint density at radius 3 is 2.62 bits per heavy atom. The number of ether oxygens (including phenoxy) is 1. The molecule has 0 saturated heterocycles. The lowest BCUT2D eigenvalue weighted by Crippen LogP contribution is -2.45. The zero-order valence-corrected chi connectivity index (χ0v) is 12.7. The van der Waals surface area contributed by atoms with Crippen molar-refractivity contribution < 1.29 is 14.3 Å². The van der Waals surface area contributed by atoms with Gasteiger partial charge in [-0.1, -0.05) is 25.0 Å². The zero-order valence-electron chi connectivity index (χ0n) is 12.7. The van der Waals surface area contributed by atoms with E-state index in [0.717, 1.165) is 19.1 Å². The fraction of sp³-hybridized carbons (Fsp3) is 0.529. The number of hydrogen-bond donors (Lipinski definition) is 0. The third-order valence-electron chi connectivity index (χ3n) is 3.96. The Labute approximate surface area is 126 Å². The molecule has 1 saturated carbocycles. The molecule has 21 heavy (non-hydrogen) atoms. The highest BCUT2D eigenvalue weighted by Gasteiger charge is 2.28. The second kappa shape index (κ2) is 7.25. The molecule has 0 atom stereocenters. The number of nitrogens with zero attached hydrogens (tertiary/aromatic N) is 1. The molecule has 1 aromatic rings. The van der Waals surface area contributed by atoms with Crippen LogP contribution in [0.2, 0.25) is 0 Å². The van der Waals surface area contributed by atoms with Gasteiger partial charge in [-0.3, -0.25) is 9.59 Å². The van der Waals surface area contributed by atoms with Gasteiger partial charge in [-0.05, 0) is 38.8 Å². The molecule has 0 aromatic heterocycles. The average Bonchev–Trinajstić information content (AvgIpc) is 2.99. The Morgan fingerprint density at radius 2 is 2.00 bits per heavy atom. The molecule has 0 aliphatic heterocycles. The van der Waals surface area contributed by atoms with Crippen molar-refractivity contribution in [1.82, 2.24) is 4.90 Å². The predicted molar refractivity (Wildman–Crippen MR) is 81.6 cm³/mol. The first kappa shape index (κ1) is 15.5. The van der Waals surface area contributed by atoms with E-state index in [2.05, 4.69) is 0 Å². The quantitative estimate of drug-likeness (QED) is 0.756. The lowest BCUT2D eigenvalue weighted by molar-refractivity contribution is -0.137. The van der Waals surface area contributed by atoms with Crippen LogP contribution in [0.5, 0.6) is 5.75 Å². The normalized spacial score (nSPS) is 15.2. The van der Waals surface area contributed by atoms with E-state index in [1.54, 1.807) is 24.3 Å². The average molecular weight is 289 g/mol. The summed E-state index contributed by atoms with van der Waals surface area (Å²) >= 11 is 0. The van der Waals surface area contributed by atoms with Gasteiger partial charge in [-0.2, -0.15) is 0 Å². The summed E-state index contributed by atoms with van der Waals surface area (Å²) in [6, 6.07) is 7.48. The molecule has 0 heterocycles. The summed E-state index contributed by atoms with van der Waals surface area (Å²) in [6.07, 6.45) is 5.28. The van der Waals surface area contributed by atoms with Crippen LogP contribution in [0.1, 0.15) is 49.9 Å². The van der Waals surface area contributed by atoms with Gasteiger partial charge >= 0.3 is 0 Å². The van der Waals surface area contributed by atoms with Gasteiger partial charge < -0.3 is 9.64 Å². The van der Waals surface area contributed by atoms with Crippen molar-refractivity contribution in [3.05, 3.63) is 29.8 Å². The summed E-state index contributed by atoms with van der Waals surface area (Å²) in [6.45, 7) is 4.06. The molecule has 1 aromatic carbocycles. The van der Waals surface area contributed by atoms with Gasteiger partial charge in [0.1, 0.15) is 5.75 Å². The highest BCUT2D eigenvalue weighted by molar-refractivity contribution is 5.81. The van der Waals surface area contributed by atoms with E-state index in [0.29, 0.717) is 17.4 Å². The Bertz CT molecular complexity index is 493. The molecule has 1 aliphatic rings. The van der Waals surface area contributed by atoms with Crippen LogP contribution in [-0.2, 0) is 4.79 Å². The Hall–Kier alpha value is -1.84. The number of rotatable bonds is 6. The van der Waals surface area contributed by atoms with Crippen LogP contribution >= 0.6 is 0 Å². The van der Waals surface area contributed by atoms with Crippen molar-refractivity contribution in [2.75, 3.05) is 6.61 Å². The predicted octanol–water partition coefficient (Wildman–Crippen LogP) is 3.06. The Balaban J connectivity index is 2.00. The van der Waals surface area contributed by atoms with Gasteiger partial charge in [0, 0.05) is 12.1 Å². The van der Waals surface area contributed by atoms with E-state index < -0.39 is 0 Å². The molecular formula is C17H23NO3. The van der Waals surface area contributed by atoms with Crippen molar-refractivity contribution in [1.29, 1.82) is 0 Å². The first-order valence-electron chi connectivity index (χ1n) is 7.61. The van der Waals surface area contributed by atoms with Gasteiger partial charge in [-0.25, -0.2) is 0 Å². The van der Waals surface area contributed by atoms with Crippen molar-refractivity contribution in [2.24, 2.45) is 0 Å². The van der Waals surface area contributed by atoms with E-state index in [4.69, 9.17) is 4.74 Å². The van der Waals surface area contributed by atoms with Crippen molar-refractivity contribution >= 4 is 12.2 Å². The third-order valence-corrected chi connectivity index (χ3v) is 3.96. The van der Waals surface area contributed by atoms with E-state index in [-0.39, 0.29) is 18.6 Å². The van der Waals surface area contributed by atoms with E-state index in [1.807, 2.05) is 18.7 Å². The van der Waals surface area contributed by atoms with E-state index >= 15 is 0 Å². The van der Waals surface area contributed by atoms with Crippen LogP contribution < -0.4 is 4.74 Å². The van der Waals surface area contributed by atoms with Gasteiger partial charge in [0.2, 0.25) is 0 Å². The smallest absolute Gasteiger partial charge is 0.260 e. The van der Waals surface area contributed by atoms with E-state index in [1.165, 1.54) is 12.8 Å². The number of aldehydes is 1. The van der Waals surface area contributed by atoms with Crippen molar-refractivity contribution in [3.8, 4) is 5.75 Å². The molecule has 1 fully saturated rings. The Morgan fingerprint density at radius 1 is 1.33 bits per heavy atom. The highest BCUT2D eigenvalue weighted by Crippen LogP contribution is 2.25. The minimum absolute atomic E-state index is 0.00222. The molecule has 0 spiro atoms. The topological polar surface area (TPSA) is 46.6 Å². The molecule has 2 rings (SSSR count). The van der Waals surface area contributed by atoms with Gasteiger partial charge in [0.05, 0.1) is 5.56 Å². The molecule has 114 valence electrons. The fourth-order valence-corrected chi connectivity index (χ4v) is 3.02. The summed E-state index contributed by atoms with van der Waals surface area (Å²) in [5, 5.41) is 0. The Kier molecular flexibility index (Phi) is 5.37. The number of hydrogen-bond acceptors (Lipinski definition) is 3. The maximum absolute atomic E-state index is 12.5. The second-order valence-corrected chi connectivity index (χ2v) is 5.78. The minimum Gasteiger partial charge on any atom is -0.483 e. The van der Waals surface area contributed by atoms with Crippen molar-refractivity contribution in [2.45, 2.75) is 51.6 Å². The largest absolute Gasteiger partial charge is 0.483 e. The fourth-order valence-electron chi connectivity index (χ4n) is 3.02. The van der Waals surface area contributed by atoms with Crippen LogP contribution in [0.25, 0.3) is 0 Å². The van der Waals surface area contributed by atoms with Gasteiger partial charge in [0.15, 0.2) is 12.9 Å². The first-order valence-corrected chi connectivity index (χ1v) is 7.61. The number of para-hydroxylation sites is 1. The lowest BCUT2D eigenvalue weighted by atomic mass is 10.1.